The van der Waals surface area contributed by atoms with Crippen LogP contribution in [-0.4, -0.2) is 21.8 Å². The molecule has 4 nitrogen and oxygen atoms in total. The van der Waals surface area contributed by atoms with E-state index in [1.807, 2.05) is 43.2 Å². The van der Waals surface area contributed by atoms with E-state index in [2.05, 4.69) is 15.4 Å². The van der Waals surface area contributed by atoms with Gasteiger partial charge in [0.15, 0.2) is 0 Å². The molecule has 2 rings (SSSR count). The molecule has 0 aliphatic heterocycles. The first-order valence-corrected chi connectivity index (χ1v) is 4.91. The molecule has 0 saturated heterocycles. The number of nitrogens with zero attached hydrogens (tertiary/aromatic N) is 3. The Kier molecular flexibility index (Phi) is 2.78. The molecular formula is C11H14N4. The van der Waals surface area contributed by atoms with Gasteiger partial charge in [-0.2, -0.15) is 5.10 Å². The molecule has 0 unspecified atom stereocenters. The predicted molar refractivity (Wildman–Crippen MR) is 58.9 cm³/mol. The van der Waals surface area contributed by atoms with Crippen molar-refractivity contribution >= 4 is 0 Å². The van der Waals surface area contributed by atoms with Crippen LogP contribution in [0.2, 0.25) is 0 Å². The topological polar surface area (TPSA) is 42.7 Å². The number of hydrogen-bond donors (Lipinski definition) is 1. The molecular weight excluding hydrogens is 188 g/mol. The second-order valence-electron chi connectivity index (χ2n) is 3.44. The van der Waals surface area contributed by atoms with Crippen LogP contribution in [0, 0.1) is 6.92 Å². The molecule has 2 aromatic heterocycles. The zero-order valence-corrected chi connectivity index (χ0v) is 8.94. The summed E-state index contributed by atoms with van der Waals surface area (Å²) in [5.41, 5.74) is 3.23. The van der Waals surface area contributed by atoms with Crippen LogP contribution in [0.1, 0.15) is 11.3 Å². The largest absolute Gasteiger partial charge is 0.316 e. The molecule has 2 heterocycles. The lowest BCUT2D eigenvalue weighted by Crippen LogP contribution is -2.09. The molecule has 0 atom stereocenters. The Balaban J connectivity index is 2.42. The molecule has 0 spiro atoms. The standard InChI is InChI=1S/C11H14N4/c1-9-4-6-15(14-9)11-3-5-13-8-10(11)7-12-2/h3-6,8,12H,7H2,1-2H3. The van der Waals surface area contributed by atoms with E-state index in [4.69, 9.17) is 0 Å². The first-order valence-electron chi connectivity index (χ1n) is 4.91. The molecule has 78 valence electrons. The molecule has 4 heteroatoms. The predicted octanol–water partition coefficient (Wildman–Crippen LogP) is 1.30. The van der Waals surface area contributed by atoms with Crippen LogP contribution in [0.15, 0.2) is 30.7 Å². The molecule has 0 fully saturated rings. The van der Waals surface area contributed by atoms with Gasteiger partial charge in [-0.25, -0.2) is 4.68 Å². The van der Waals surface area contributed by atoms with E-state index < -0.39 is 0 Å². The molecule has 2 aromatic rings. The van der Waals surface area contributed by atoms with Gasteiger partial charge < -0.3 is 5.32 Å². The van der Waals surface area contributed by atoms with Crippen LogP contribution in [0.5, 0.6) is 0 Å². The highest BCUT2D eigenvalue weighted by molar-refractivity contribution is 5.37. The fraction of sp³-hybridized carbons (Fsp3) is 0.273. The molecule has 15 heavy (non-hydrogen) atoms. The second-order valence-corrected chi connectivity index (χ2v) is 3.44. The van der Waals surface area contributed by atoms with Crippen molar-refractivity contribution < 1.29 is 0 Å². The quantitative estimate of drug-likeness (QED) is 0.815. The maximum Gasteiger partial charge on any atom is 0.0721 e. The molecule has 0 amide bonds. The summed E-state index contributed by atoms with van der Waals surface area (Å²) in [6, 6.07) is 3.96. The number of aryl methyl sites for hydroxylation is 1. The van der Waals surface area contributed by atoms with Crippen molar-refractivity contribution in [3.8, 4) is 5.69 Å². The third-order valence-electron chi connectivity index (χ3n) is 2.21. The lowest BCUT2D eigenvalue weighted by molar-refractivity contribution is 0.780. The minimum absolute atomic E-state index is 0.794. The monoisotopic (exact) mass is 202 g/mol. The highest BCUT2D eigenvalue weighted by Crippen LogP contribution is 2.12. The van der Waals surface area contributed by atoms with Gasteiger partial charge in [0.25, 0.3) is 0 Å². The Labute approximate surface area is 89.0 Å². The van der Waals surface area contributed by atoms with Crippen LogP contribution >= 0.6 is 0 Å². The number of rotatable bonds is 3. The second kappa shape index (κ2) is 4.23. The van der Waals surface area contributed by atoms with Gasteiger partial charge >= 0.3 is 0 Å². The van der Waals surface area contributed by atoms with Gasteiger partial charge in [-0.3, -0.25) is 4.98 Å². The lowest BCUT2D eigenvalue weighted by Gasteiger charge is -2.07. The number of pyridine rings is 1. The number of aromatic nitrogens is 3. The third kappa shape index (κ3) is 2.05. The van der Waals surface area contributed by atoms with E-state index in [1.54, 1.807) is 6.20 Å². The average Bonchev–Trinajstić information content (AvgIpc) is 2.66. The van der Waals surface area contributed by atoms with Crippen LogP contribution in [0.3, 0.4) is 0 Å². The lowest BCUT2D eigenvalue weighted by atomic mass is 10.2. The van der Waals surface area contributed by atoms with E-state index in [-0.39, 0.29) is 0 Å². The first kappa shape index (κ1) is 9.86. The van der Waals surface area contributed by atoms with Gasteiger partial charge in [0.1, 0.15) is 0 Å². The highest BCUT2D eigenvalue weighted by Gasteiger charge is 2.04. The minimum Gasteiger partial charge on any atom is -0.316 e. The van der Waals surface area contributed by atoms with Crippen molar-refractivity contribution in [2.24, 2.45) is 0 Å². The Morgan fingerprint density at radius 3 is 2.93 bits per heavy atom. The van der Waals surface area contributed by atoms with Crippen molar-refractivity contribution in [1.82, 2.24) is 20.1 Å². The van der Waals surface area contributed by atoms with Gasteiger partial charge in [0.2, 0.25) is 0 Å². The molecule has 0 saturated carbocycles. The summed E-state index contributed by atoms with van der Waals surface area (Å²) in [5.74, 6) is 0. The summed E-state index contributed by atoms with van der Waals surface area (Å²) >= 11 is 0. The van der Waals surface area contributed by atoms with Gasteiger partial charge in [-0.1, -0.05) is 0 Å². The zero-order valence-electron chi connectivity index (χ0n) is 8.94. The minimum atomic E-state index is 0.794. The van der Waals surface area contributed by atoms with E-state index in [0.29, 0.717) is 0 Å². The first-order chi connectivity index (χ1) is 7.31. The van der Waals surface area contributed by atoms with E-state index in [1.165, 1.54) is 0 Å². The van der Waals surface area contributed by atoms with Crippen LogP contribution in [0.25, 0.3) is 5.69 Å². The van der Waals surface area contributed by atoms with Crippen molar-refractivity contribution in [3.63, 3.8) is 0 Å². The zero-order chi connectivity index (χ0) is 10.7. The van der Waals surface area contributed by atoms with E-state index in [9.17, 15) is 0 Å². The fourth-order valence-corrected chi connectivity index (χ4v) is 1.52. The molecule has 0 aliphatic carbocycles. The van der Waals surface area contributed by atoms with Crippen molar-refractivity contribution in [2.75, 3.05) is 7.05 Å². The molecule has 0 aliphatic rings. The third-order valence-corrected chi connectivity index (χ3v) is 2.21. The van der Waals surface area contributed by atoms with Crippen LogP contribution in [0.4, 0.5) is 0 Å². The Bertz CT molecular complexity index is 447. The average molecular weight is 202 g/mol. The van der Waals surface area contributed by atoms with Gasteiger partial charge in [0, 0.05) is 30.7 Å². The van der Waals surface area contributed by atoms with Crippen LogP contribution in [-0.2, 0) is 6.54 Å². The van der Waals surface area contributed by atoms with Crippen molar-refractivity contribution in [3.05, 3.63) is 42.0 Å². The normalized spacial score (nSPS) is 10.5. The highest BCUT2D eigenvalue weighted by atomic mass is 15.3. The summed E-state index contributed by atoms with van der Waals surface area (Å²) < 4.78 is 1.88. The molecule has 0 aromatic carbocycles. The smallest absolute Gasteiger partial charge is 0.0721 e. The summed E-state index contributed by atoms with van der Waals surface area (Å²) in [7, 11) is 1.92. The maximum absolute atomic E-state index is 4.38. The SMILES string of the molecule is CNCc1cnccc1-n1ccc(C)n1. The van der Waals surface area contributed by atoms with Gasteiger partial charge in [-0.15, -0.1) is 0 Å². The summed E-state index contributed by atoms with van der Waals surface area (Å²) in [6.07, 6.45) is 5.61. The van der Waals surface area contributed by atoms with E-state index in [0.717, 1.165) is 23.5 Å². The summed E-state index contributed by atoms with van der Waals surface area (Å²) in [6.45, 7) is 2.78. The Morgan fingerprint density at radius 2 is 2.27 bits per heavy atom. The maximum atomic E-state index is 4.38. The number of hydrogen-bond acceptors (Lipinski definition) is 3. The van der Waals surface area contributed by atoms with Crippen molar-refractivity contribution in [2.45, 2.75) is 13.5 Å². The van der Waals surface area contributed by atoms with Crippen LogP contribution < -0.4 is 5.32 Å². The van der Waals surface area contributed by atoms with Gasteiger partial charge in [0.05, 0.1) is 11.4 Å². The van der Waals surface area contributed by atoms with Gasteiger partial charge in [-0.05, 0) is 26.1 Å². The molecule has 0 bridgehead atoms. The Morgan fingerprint density at radius 1 is 1.40 bits per heavy atom. The molecule has 1 N–H and O–H groups in total. The molecule has 0 radical (unpaired) electrons. The fourth-order valence-electron chi connectivity index (χ4n) is 1.52. The Hall–Kier alpha value is -1.68. The number of nitrogens with one attached hydrogen (secondary N) is 1. The summed E-state index contributed by atoms with van der Waals surface area (Å²) in [4.78, 5) is 4.12. The summed E-state index contributed by atoms with van der Waals surface area (Å²) in [5, 5.41) is 7.50. The van der Waals surface area contributed by atoms with E-state index >= 15 is 0 Å². The van der Waals surface area contributed by atoms with Crippen molar-refractivity contribution in [1.29, 1.82) is 0 Å².